The van der Waals surface area contributed by atoms with E-state index in [9.17, 15) is 19.5 Å². The first-order valence-electron chi connectivity index (χ1n) is 13.4. The zero-order valence-corrected chi connectivity index (χ0v) is 23.1. The van der Waals surface area contributed by atoms with Crippen LogP contribution >= 0.6 is 11.8 Å². The van der Waals surface area contributed by atoms with Crippen molar-refractivity contribution in [3.8, 4) is 0 Å². The van der Waals surface area contributed by atoms with Crippen LogP contribution in [0, 0.1) is 11.8 Å². The molecule has 0 saturated carbocycles. The Morgan fingerprint density at radius 1 is 0.950 bits per heavy atom. The first-order chi connectivity index (χ1) is 19.4. The lowest BCUT2D eigenvalue weighted by Gasteiger charge is -2.31. The number of rotatable bonds is 11. The lowest BCUT2D eigenvalue weighted by molar-refractivity contribution is -0.151. The summed E-state index contributed by atoms with van der Waals surface area (Å²) in [6.07, 6.45) is 6.19. The summed E-state index contributed by atoms with van der Waals surface area (Å²) in [5, 5.41) is 17.0. The van der Waals surface area contributed by atoms with Crippen molar-refractivity contribution >= 4 is 47.4 Å². The van der Waals surface area contributed by atoms with Crippen molar-refractivity contribution < 1.29 is 19.5 Å². The molecule has 0 radical (unpaired) electrons. The second-order valence-electron chi connectivity index (χ2n) is 10.2. The standard InChI is InChI=1S/C32H33N3O4S/c1-40-21-18-32(31(38)39)27-26(29(36)35(30(27)37)20-19-33-25-10-6-3-7-11-25)28(34-32)24-16-14-23(15-17-24)13-12-22-8-4-2-5-9-22/h2-17,26-28,33-34H,18-21H2,1H3,(H,38,39). The smallest absolute Gasteiger partial charge is 0.324 e. The number of fused-ring (bicyclic) bond motifs is 1. The van der Waals surface area contributed by atoms with Crippen molar-refractivity contribution in [2.75, 3.05) is 30.4 Å². The molecule has 2 saturated heterocycles. The number of carboxylic acids is 1. The van der Waals surface area contributed by atoms with Gasteiger partial charge in [-0.2, -0.15) is 11.8 Å². The van der Waals surface area contributed by atoms with Gasteiger partial charge in [0.1, 0.15) is 5.54 Å². The van der Waals surface area contributed by atoms with Crippen molar-refractivity contribution in [2.24, 2.45) is 11.8 Å². The van der Waals surface area contributed by atoms with E-state index in [4.69, 9.17) is 0 Å². The van der Waals surface area contributed by atoms with Crippen LogP contribution in [0.25, 0.3) is 12.2 Å². The fourth-order valence-electron chi connectivity index (χ4n) is 5.80. The number of likely N-dealkylation sites (tertiary alicyclic amines) is 1. The quantitative estimate of drug-likeness (QED) is 0.231. The number of hydrogen-bond acceptors (Lipinski definition) is 6. The largest absolute Gasteiger partial charge is 0.480 e. The monoisotopic (exact) mass is 555 g/mol. The minimum absolute atomic E-state index is 0.174. The molecule has 0 aliphatic carbocycles. The number of hydrogen-bond donors (Lipinski definition) is 3. The Labute approximate surface area is 238 Å². The Hall–Kier alpha value is -3.88. The van der Waals surface area contributed by atoms with Gasteiger partial charge in [0, 0.05) is 24.8 Å². The van der Waals surface area contributed by atoms with Gasteiger partial charge in [-0.25, -0.2) is 0 Å². The molecular formula is C32H33N3O4S. The number of carbonyl (C=O) groups is 3. The third-order valence-electron chi connectivity index (χ3n) is 7.83. The van der Waals surface area contributed by atoms with E-state index in [0.717, 1.165) is 22.4 Å². The molecule has 2 fully saturated rings. The molecule has 3 aromatic rings. The minimum atomic E-state index is -1.52. The topological polar surface area (TPSA) is 98.7 Å². The fourth-order valence-corrected chi connectivity index (χ4v) is 6.33. The van der Waals surface area contributed by atoms with Gasteiger partial charge in [0.25, 0.3) is 0 Å². The van der Waals surface area contributed by atoms with E-state index in [1.807, 2.05) is 103 Å². The highest BCUT2D eigenvalue weighted by atomic mass is 32.2. The van der Waals surface area contributed by atoms with E-state index in [0.29, 0.717) is 12.3 Å². The number of imide groups is 1. The first kappa shape index (κ1) is 27.7. The van der Waals surface area contributed by atoms with Gasteiger partial charge >= 0.3 is 5.97 Å². The van der Waals surface area contributed by atoms with Crippen LogP contribution in [0.2, 0.25) is 0 Å². The SMILES string of the molecule is CSCCC1(C(=O)O)NC(c2ccc(C=Cc3ccccc3)cc2)C2C(=O)N(CCNc3ccccc3)C(=O)C21. The number of benzene rings is 3. The van der Waals surface area contributed by atoms with E-state index in [-0.39, 0.29) is 18.9 Å². The highest BCUT2D eigenvalue weighted by molar-refractivity contribution is 7.98. The number of carbonyl (C=O) groups excluding carboxylic acids is 2. The maximum atomic E-state index is 13.8. The predicted molar refractivity (Wildman–Crippen MR) is 160 cm³/mol. The Kier molecular flexibility index (Phi) is 8.38. The molecule has 0 spiro atoms. The van der Waals surface area contributed by atoms with Crippen molar-refractivity contribution in [2.45, 2.75) is 18.0 Å². The second-order valence-corrected chi connectivity index (χ2v) is 11.2. The van der Waals surface area contributed by atoms with Crippen LogP contribution < -0.4 is 10.6 Å². The van der Waals surface area contributed by atoms with Crippen LogP contribution in [0.4, 0.5) is 5.69 Å². The highest BCUT2D eigenvalue weighted by Gasteiger charge is 2.68. The van der Waals surface area contributed by atoms with Crippen molar-refractivity contribution in [1.82, 2.24) is 10.2 Å². The molecule has 4 atom stereocenters. The molecule has 2 aliphatic rings. The average molecular weight is 556 g/mol. The first-order valence-corrected chi connectivity index (χ1v) is 14.8. The Bertz CT molecular complexity index is 1380. The number of nitrogens with one attached hydrogen (secondary N) is 2. The summed E-state index contributed by atoms with van der Waals surface area (Å²) in [6.45, 7) is 0.556. The molecule has 0 aromatic heterocycles. The van der Waals surface area contributed by atoms with Crippen LogP contribution in [0.5, 0.6) is 0 Å². The number of thioether (sulfide) groups is 1. The minimum Gasteiger partial charge on any atom is -0.480 e. The molecule has 3 aromatic carbocycles. The summed E-state index contributed by atoms with van der Waals surface area (Å²) in [6, 6.07) is 26.7. The summed E-state index contributed by atoms with van der Waals surface area (Å²) in [5.74, 6) is -3.02. The molecule has 4 unspecified atom stereocenters. The number of para-hydroxylation sites is 1. The van der Waals surface area contributed by atoms with Gasteiger partial charge in [-0.3, -0.25) is 24.6 Å². The van der Waals surface area contributed by atoms with Gasteiger partial charge in [-0.15, -0.1) is 0 Å². The normalized spacial score (nSPS) is 24.0. The number of nitrogens with zero attached hydrogens (tertiary/aromatic N) is 1. The third kappa shape index (κ3) is 5.42. The lowest BCUT2D eigenvalue weighted by atomic mass is 9.78. The summed E-state index contributed by atoms with van der Waals surface area (Å²) in [4.78, 5) is 41.6. The molecule has 206 valence electrons. The number of amides is 2. The zero-order valence-electron chi connectivity index (χ0n) is 22.3. The Morgan fingerprint density at radius 3 is 2.20 bits per heavy atom. The van der Waals surface area contributed by atoms with E-state index < -0.39 is 35.3 Å². The van der Waals surface area contributed by atoms with Crippen molar-refractivity contribution in [3.05, 3.63) is 102 Å². The van der Waals surface area contributed by atoms with Gasteiger partial charge in [-0.05, 0) is 47.3 Å². The highest BCUT2D eigenvalue weighted by Crippen LogP contribution is 2.50. The molecular weight excluding hydrogens is 522 g/mol. The van der Waals surface area contributed by atoms with E-state index >= 15 is 0 Å². The number of anilines is 1. The van der Waals surface area contributed by atoms with E-state index in [1.165, 1.54) is 16.7 Å². The molecule has 2 aliphatic heterocycles. The van der Waals surface area contributed by atoms with Crippen molar-refractivity contribution in [3.63, 3.8) is 0 Å². The molecule has 2 heterocycles. The summed E-state index contributed by atoms with van der Waals surface area (Å²) in [7, 11) is 0. The summed E-state index contributed by atoms with van der Waals surface area (Å²) < 4.78 is 0. The van der Waals surface area contributed by atoms with Crippen molar-refractivity contribution in [1.29, 1.82) is 0 Å². The average Bonchev–Trinajstić information content (AvgIpc) is 3.46. The van der Waals surface area contributed by atoms with Gasteiger partial charge in [0.15, 0.2) is 0 Å². The van der Waals surface area contributed by atoms with Crippen LogP contribution in [0.15, 0.2) is 84.9 Å². The maximum Gasteiger partial charge on any atom is 0.324 e. The molecule has 40 heavy (non-hydrogen) atoms. The van der Waals surface area contributed by atoms with E-state index in [2.05, 4.69) is 10.6 Å². The lowest BCUT2D eigenvalue weighted by Crippen LogP contribution is -2.56. The van der Waals surface area contributed by atoms with Gasteiger partial charge < -0.3 is 10.4 Å². The molecule has 8 heteroatoms. The number of carboxylic acid groups (broad SMARTS) is 1. The van der Waals surface area contributed by atoms with Crippen LogP contribution in [0.1, 0.15) is 29.2 Å². The van der Waals surface area contributed by atoms with Gasteiger partial charge in [0.05, 0.1) is 11.8 Å². The molecule has 0 bridgehead atoms. The summed E-state index contributed by atoms with van der Waals surface area (Å²) >= 11 is 1.52. The zero-order chi connectivity index (χ0) is 28.1. The Morgan fingerprint density at radius 2 is 1.57 bits per heavy atom. The molecule has 3 N–H and O–H groups in total. The maximum absolute atomic E-state index is 13.8. The van der Waals surface area contributed by atoms with Crippen LogP contribution in [-0.2, 0) is 14.4 Å². The second kappa shape index (κ2) is 12.1. The van der Waals surface area contributed by atoms with Crippen LogP contribution in [-0.4, -0.2) is 58.4 Å². The Balaban J connectivity index is 1.40. The van der Waals surface area contributed by atoms with E-state index in [1.54, 1.807) is 0 Å². The van der Waals surface area contributed by atoms with Gasteiger partial charge in [0.2, 0.25) is 11.8 Å². The summed E-state index contributed by atoms with van der Waals surface area (Å²) in [5.41, 5.74) is 2.24. The third-order valence-corrected chi connectivity index (χ3v) is 8.44. The van der Waals surface area contributed by atoms with Crippen LogP contribution in [0.3, 0.4) is 0 Å². The molecule has 7 nitrogen and oxygen atoms in total. The molecule has 2 amide bonds. The predicted octanol–water partition coefficient (Wildman–Crippen LogP) is 4.79. The fraction of sp³-hybridized carbons (Fsp3) is 0.281. The number of aliphatic carboxylic acids is 1. The van der Waals surface area contributed by atoms with Gasteiger partial charge in [-0.1, -0.05) is 84.9 Å². The molecule has 5 rings (SSSR count).